The normalized spacial score (nSPS) is 12.6. The maximum absolute atomic E-state index is 13.4. The predicted molar refractivity (Wildman–Crippen MR) is 129 cm³/mol. The van der Waals surface area contributed by atoms with Gasteiger partial charge in [-0.15, -0.1) is 11.3 Å². The van der Waals surface area contributed by atoms with Gasteiger partial charge in [-0.2, -0.15) is 0 Å². The Bertz CT molecular complexity index is 1110. The van der Waals surface area contributed by atoms with Gasteiger partial charge < -0.3 is 24.8 Å². The molecule has 0 radical (unpaired) electrons. The number of nitrogens with one attached hydrogen (secondary N) is 2. The molecule has 7 heteroatoms. The standard InChI is InChI=1S/C25H28N2O4S/c1-29-17-12-13-20(30-2)16(14-17)15-26-25-23(18-8-4-7-11-22(18)32-25)24(28)27-19-9-5-6-10-21(19)31-3/h5-6,9-10,12-14,26H,4,7-8,11,15H2,1-3H3,(H,27,28). The molecular formula is C25H28N2O4S. The summed E-state index contributed by atoms with van der Waals surface area (Å²) in [6, 6.07) is 13.2. The highest BCUT2D eigenvalue weighted by molar-refractivity contribution is 7.16. The molecule has 6 nitrogen and oxygen atoms in total. The lowest BCUT2D eigenvalue weighted by molar-refractivity contribution is 0.102. The predicted octanol–water partition coefficient (Wildman–Crippen LogP) is 5.52. The molecule has 3 aromatic rings. The van der Waals surface area contributed by atoms with Crippen molar-refractivity contribution in [3.63, 3.8) is 0 Å². The summed E-state index contributed by atoms with van der Waals surface area (Å²) in [6.07, 6.45) is 4.19. The zero-order valence-electron chi connectivity index (χ0n) is 18.6. The third-order valence-corrected chi connectivity index (χ3v) is 6.93. The van der Waals surface area contributed by atoms with Gasteiger partial charge in [0.25, 0.3) is 5.91 Å². The van der Waals surface area contributed by atoms with Gasteiger partial charge in [0, 0.05) is 17.0 Å². The van der Waals surface area contributed by atoms with Crippen LogP contribution in [0.2, 0.25) is 0 Å². The van der Waals surface area contributed by atoms with Gasteiger partial charge in [-0.1, -0.05) is 12.1 Å². The Balaban J connectivity index is 1.63. The lowest BCUT2D eigenvalue weighted by Crippen LogP contribution is -2.17. The first-order chi connectivity index (χ1) is 15.6. The SMILES string of the molecule is COc1ccc(OC)c(CNc2sc3c(c2C(=O)Nc2ccccc2OC)CCCC3)c1. The van der Waals surface area contributed by atoms with Crippen molar-refractivity contribution >= 4 is 27.9 Å². The van der Waals surface area contributed by atoms with E-state index >= 15 is 0 Å². The number of hydrogen-bond donors (Lipinski definition) is 2. The molecule has 1 aliphatic carbocycles. The van der Waals surface area contributed by atoms with Crippen LogP contribution in [0.25, 0.3) is 0 Å². The number of para-hydroxylation sites is 2. The molecule has 0 unspecified atom stereocenters. The number of carbonyl (C=O) groups is 1. The molecule has 168 valence electrons. The van der Waals surface area contributed by atoms with Gasteiger partial charge in [0.15, 0.2) is 0 Å². The first-order valence-corrected chi connectivity index (χ1v) is 11.5. The van der Waals surface area contributed by atoms with E-state index in [1.807, 2.05) is 42.5 Å². The van der Waals surface area contributed by atoms with E-state index in [1.165, 1.54) is 4.88 Å². The van der Waals surface area contributed by atoms with E-state index < -0.39 is 0 Å². The van der Waals surface area contributed by atoms with Gasteiger partial charge in [0.2, 0.25) is 0 Å². The van der Waals surface area contributed by atoms with E-state index in [0.717, 1.165) is 58.9 Å². The second-order valence-electron chi connectivity index (χ2n) is 7.60. The highest BCUT2D eigenvalue weighted by Crippen LogP contribution is 2.39. The Morgan fingerprint density at radius 2 is 1.75 bits per heavy atom. The summed E-state index contributed by atoms with van der Waals surface area (Å²) in [5.41, 5.74) is 3.52. The lowest BCUT2D eigenvalue weighted by atomic mass is 9.95. The largest absolute Gasteiger partial charge is 0.497 e. The van der Waals surface area contributed by atoms with Crippen molar-refractivity contribution in [3.8, 4) is 17.2 Å². The number of methoxy groups -OCH3 is 3. The highest BCUT2D eigenvalue weighted by Gasteiger charge is 2.26. The summed E-state index contributed by atoms with van der Waals surface area (Å²) in [5, 5.41) is 7.43. The van der Waals surface area contributed by atoms with Crippen LogP contribution in [0.4, 0.5) is 10.7 Å². The first kappa shape index (κ1) is 22.0. The van der Waals surface area contributed by atoms with E-state index in [1.54, 1.807) is 32.7 Å². The van der Waals surface area contributed by atoms with Crippen LogP contribution in [0.1, 0.15) is 39.2 Å². The average molecular weight is 453 g/mol. The van der Waals surface area contributed by atoms with Crippen LogP contribution in [-0.4, -0.2) is 27.2 Å². The Hall–Kier alpha value is -3.19. The van der Waals surface area contributed by atoms with Crippen molar-refractivity contribution in [3.05, 3.63) is 64.0 Å². The van der Waals surface area contributed by atoms with Gasteiger partial charge >= 0.3 is 0 Å². The molecule has 32 heavy (non-hydrogen) atoms. The van der Waals surface area contributed by atoms with E-state index in [2.05, 4.69) is 10.6 Å². The number of anilines is 2. The van der Waals surface area contributed by atoms with Gasteiger partial charge in [-0.05, 0) is 61.6 Å². The van der Waals surface area contributed by atoms with Crippen LogP contribution in [0.3, 0.4) is 0 Å². The topological polar surface area (TPSA) is 68.8 Å². The van der Waals surface area contributed by atoms with Crippen molar-refractivity contribution in [2.45, 2.75) is 32.2 Å². The molecule has 4 rings (SSSR count). The summed E-state index contributed by atoms with van der Waals surface area (Å²) >= 11 is 1.68. The summed E-state index contributed by atoms with van der Waals surface area (Å²) in [6.45, 7) is 0.523. The number of fused-ring (bicyclic) bond motifs is 1. The molecule has 2 aromatic carbocycles. The number of carbonyl (C=O) groups excluding carboxylic acids is 1. The summed E-state index contributed by atoms with van der Waals surface area (Å²) in [7, 11) is 4.90. The van der Waals surface area contributed by atoms with Crippen molar-refractivity contribution in [2.75, 3.05) is 32.0 Å². The fourth-order valence-corrected chi connectivity index (χ4v) is 5.34. The molecular weight excluding hydrogens is 424 g/mol. The Kier molecular flexibility index (Phi) is 6.85. The van der Waals surface area contributed by atoms with Gasteiger partial charge in [-0.25, -0.2) is 0 Å². The second kappa shape index (κ2) is 9.96. The van der Waals surface area contributed by atoms with E-state index in [9.17, 15) is 4.79 Å². The zero-order valence-corrected chi connectivity index (χ0v) is 19.4. The van der Waals surface area contributed by atoms with Crippen molar-refractivity contribution < 1.29 is 19.0 Å². The average Bonchev–Trinajstić information content (AvgIpc) is 3.21. The molecule has 0 fully saturated rings. The molecule has 1 aliphatic rings. The monoisotopic (exact) mass is 452 g/mol. The molecule has 1 heterocycles. The number of aryl methyl sites for hydroxylation is 1. The molecule has 1 aromatic heterocycles. The number of ether oxygens (including phenoxy) is 3. The summed E-state index contributed by atoms with van der Waals surface area (Å²) in [4.78, 5) is 14.7. The third-order valence-electron chi connectivity index (χ3n) is 5.68. The number of benzene rings is 2. The van der Waals surface area contributed by atoms with Crippen molar-refractivity contribution in [2.24, 2.45) is 0 Å². The fraction of sp³-hybridized carbons (Fsp3) is 0.320. The Morgan fingerprint density at radius 3 is 2.53 bits per heavy atom. The van der Waals surface area contributed by atoms with Crippen LogP contribution in [0, 0.1) is 0 Å². The smallest absolute Gasteiger partial charge is 0.259 e. The molecule has 0 aliphatic heterocycles. The molecule has 1 amide bonds. The van der Waals surface area contributed by atoms with Crippen molar-refractivity contribution in [1.29, 1.82) is 0 Å². The third kappa shape index (κ3) is 4.53. The van der Waals surface area contributed by atoms with E-state index in [4.69, 9.17) is 14.2 Å². The molecule has 0 spiro atoms. The zero-order chi connectivity index (χ0) is 22.5. The Labute approximate surface area is 192 Å². The molecule has 0 atom stereocenters. The fourth-order valence-electron chi connectivity index (χ4n) is 4.06. The van der Waals surface area contributed by atoms with Crippen LogP contribution in [-0.2, 0) is 19.4 Å². The first-order valence-electron chi connectivity index (χ1n) is 10.7. The van der Waals surface area contributed by atoms with Gasteiger partial charge in [0.1, 0.15) is 22.2 Å². The maximum Gasteiger partial charge on any atom is 0.259 e. The van der Waals surface area contributed by atoms with Crippen molar-refractivity contribution in [1.82, 2.24) is 0 Å². The minimum absolute atomic E-state index is 0.117. The van der Waals surface area contributed by atoms with Gasteiger partial charge in [0.05, 0.1) is 32.6 Å². The number of thiophene rings is 1. The molecule has 0 bridgehead atoms. The van der Waals surface area contributed by atoms with Crippen LogP contribution in [0.5, 0.6) is 17.2 Å². The van der Waals surface area contributed by atoms with Crippen LogP contribution in [0.15, 0.2) is 42.5 Å². The second-order valence-corrected chi connectivity index (χ2v) is 8.71. The van der Waals surface area contributed by atoms with Gasteiger partial charge in [-0.3, -0.25) is 4.79 Å². The Morgan fingerprint density at radius 1 is 0.969 bits per heavy atom. The maximum atomic E-state index is 13.4. The van der Waals surface area contributed by atoms with Crippen LogP contribution < -0.4 is 24.8 Å². The highest BCUT2D eigenvalue weighted by atomic mass is 32.1. The summed E-state index contributed by atoms with van der Waals surface area (Å²) in [5.74, 6) is 2.07. The molecule has 0 saturated carbocycles. The number of rotatable bonds is 8. The van der Waals surface area contributed by atoms with Crippen LogP contribution >= 0.6 is 11.3 Å². The molecule has 0 saturated heterocycles. The lowest BCUT2D eigenvalue weighted by Gasteiger charge is -2.15. The minimum Gasteiger partial charge on any atom is -0.497 e. The molecule has 2 N–H and O–H groups in total. The number of amides is 1. The number of hydrogen-bond acceptors (Lipinski definition) is 6. The quantitative estimate of drug-likeness (QED) is 0.471. The summed E-state index contributed by atoms with van der Waals surface area (Å²) < 4.78 is 16.3. The van der Waals surface area contributed by atoms with E-state index in [0.29, 0.717) is 18.0 Å². The minimum atomic E-state index is -0.117. The van der Waals surface area contributed by atoms with E-state index in [-0.39, 0.29) is 5.91 Å².